The molecule has 5 nitrogen and oxygen atoms in total. The van der Waals surface area contributed by atoms with Crippen LogP contribution < -0.4 is 0 Å². The normalized spacial score (nSPS) is 23.2. The zero-order valence-electron chi connectivity index (χ0n) is 13.6. The number of hydrogen-bond acceptors (Lipinski definition) is 5. The van der Waals surface area contributed by atoms with Gasteiger partial charge in [-0.1, -0.05) is 30.8 Å². The van der Waals surface area contributed by atoms with Crippen molar-refractivity contribution in [3.63, 3.8) is 0 Å². The third kappa shape index (κ3) is 2.88. The van der Waals surface area contributed by atoms with Crippen LogP contribution in [-0.4, -0.2) is 34.3 Å². The van der Waals surface area contributed by atoms with Gasteiger partial charge in [0.15, 0.2) is 5.17 Å². The highest BCUT2D eigenvalue weighted by atomic mass is 127. The molecule has 2 heterocycles. The number of carbonyl (C=O) groups excluding carboxylic acids is 2. The van der Waals surface area contributed by atoms with E-state index >= 15 is 0 Å². The molecule has 0 unspecified atom stereocenters. The molecule has 0 radical (unpaired) electrons. The molecule has 1 saturated heterocycles. The average molecular weight is 456 g/mol. The highest BCUT2D eigenvalue weighted by Gasteiger charge is 2.46. The van der Waals surface area contributed by atoms with E-state index in [-0.39, 0.29) is 11.2 Å². The van der Waals surface area contributed by atoms with Crippen LogP contribution >= 0.6 is 34.4 Å². The fourth-order valence-electron chi connectivity index (χ4n) is 2.92. The number of ether oxygens (including phenoxy) is 1. The lowest BCUT2D eigenvalue weighted by Crippen LogP contribution is -2.40. The number of halogens is 1. The predicted molar refractivity (Wildman–Crippen MR) is 103 cm³/mol. The van der Waals surface area contributed by atoms with Crippen molar-refractivity contribution >= 4 is 51.4 Å². The second kappa shape index (κ2) is 6.87. The summed E-state index contributed by atoms with van der Waals surface area (Å²) in [5.74, 6) is -0.449. The molecule has 1 aromatic rings. The molecule has 0 bridgehead atoms. The molecule has 2 aliphatic heterocycles. The fourth-order valence-corrected chi connectivity index (χ4v) is 4.41. The second-order valence-corrected chi connectivity index (χ2v) is 7.98. The number of amidine groups is 1. The molecule has 126 valence electrons. The van der Waals surface area contributed by atoms with Gasteiger partial charge in [-0.15, -0.1) is 0 Å². The highest BCUT2D eigenvalue weighted by Crippen LogP contribution is 2.43. The Labute approximate surface area is 158 Å². The summed E-state index contributed by atoms with van der Waals surface area (Å²) in [6.07, 6.45) is 0.727. The summed E-state index contributed by atoms with van der Waals surface area (Å²) in [4.78, 5) is 31.4. The van der Waals surface area contributed by atoms with Crippen molar-refractivity contribution in [3.8, 4) is 0 Å². The molecule has 1 fully saturated rings. The van der Waals surface area contributed by atoms with Crippen molar-refractivity contribution in [1.82, 2.24) is 4.90 Å². The Hall–Kier alpha value is -1.35. The number of rotatable bonds is 3. The smallest absolute Gasteiger partial charge is 0.338 e. The van der Waals surface area contributed by atoms with E-state index in [2.05, 4.69) is 27.6 Å². The van der Waals surface area contributed by atoms with E-state index in [1.54, 1.807) is 11.8 Å². The first kappa shape index (κ1) is 17.5. The molecular weight excluding hydrogens is 439 g/mol. The topological polar surface area (TPSA) is 59.0 Å². The summed E-state index contributed by atoms with van der Waals surface area (Å²) in [5.41, 5.74) is 1.91. The number of nitrogens with zero attached hydrogens (tertiary/aromatic N) is 2. The lowest BCUT2D eigenvalue weighted by Gasteiger charge is -2.32. The summed E-state index contributed by atoms with van der Waals surface area (Å²) in [7, 11) is 1.35. The molecule has 3 rings (SSSR count). The third-order valence-electron chi connectivity index (χ3n) is 4.11. The fraction of sp³-hybridized carbons (Fsp3) is 0.353. The first-order chi connectivity index (χ1) is 11.5. The lowest BCUT2D eigenvalue weighted by molar-refractivity contribution is -0.137. The Morgan fingerprint density at radius 2 is 2.04 bits per heavy atom. The van der Waals surface area contributed by atoms with Crippen molar-refractivity contribution in [1.29, 1.82) is 0 Å². The van der Waals surface area contributed by atoms with Crippen molar-refractivity contribution in [2.24, 2.45) is 4.99 Å². The number of aliphatic imine (C=N–C) groups is 1. The Bertz CT molecular complexity index is 758. The lowest BCUT2D eigenvalue weighted by atomic mass is 9.94. The van der Waals surface area contributed by atoms with E-state index in [9.17, 15) is 9.59 Å². The number of carbonyl (C=O) groups is 2. The number of hydrogen-bond donors (Lipinski definition) is 0. The minimum Gasteiger partial charge on any atom is -0.466 e. The zero-order chi connectivity index (χ0) is 17.4. The largest absolute Gasteiger partial charge is 0.466 e. The number of allylic oxidation sites excluding steroid dienone is 1. The maximum absolute atomic E-state index is 12.8. The zero-order valence-corrected chi connectivity index (χ0v) is 16.6. The molecule has 0 saturated carbocycles. The van der Waals surface area contributed by atoms with Crippen LogP contribution in [0.1, 0.15) is 31.9 Å². The van der Waals surface area contributed by atoms with Crippen LogP contribution in [-0.2, 0) is 14.3 Å². The van der Waals surface area contributed by atoms with E-state index < -0.39 is 12.0 Å². The Morgan fingerprint density at radius 1 is 1.38 bits per heavy atom. The monoisotopic (exact) mass is 456 g/mol. The van der Waals surface area contributed by atoms with Gasteiger partial charge in [-0.05, 0) is 53.6 Å². The van der Waals surface area contributed by atoms with E-state index in [0.717, 1.165) is 15.6 Å². The maximum Gasteiger partial charge on any atom is 0.338 e. The van der Waals surface area contributed by atoms with Gasteiger partial charge in [0.1, 0.15) is 0 Å². The number of fused-ring (bicyclic) bond motifs is 1. The minimum absolute atomic E-state index is 0.00120. The van der Waals surface area contributed by atoms with Crippen LogP contribution in [0.25, 0.3) is 0 Å². The molecule has 0 N–H and O–H groups in total. The Kier molecular flexibility index (Phi) is 5.00. The van der Waals surface area contributed by atoms with Crippen LogP contribution in [0.3, 0.4) is 0 Å². The molecule has 24 heavy (non-hydrogen) atoms. The molecule has 7 heteroatoms. The molecule has 0 spiro atoms. The molecule has 0 aromatic heterocycles. The van der Waals surface area contributed by atoms with Crippen LogP contribution in [0, 0.1) is 3.57 Å². The minimum atomic E-state index is -0.488. The summed E-state index contributed by atoms with van der Waals surface area (Å²) in [6.45, 7) is 3.77. The van der Waals surface area contributed by atoms with Gasteiger partial charge in [0, 0.05) is 3.57 Å². The van der Waals surface area contributed by atoms with Gasteiger partial charge < -0.3 is 4.74 Å². The molecule has 0 aliphatic carbocycles. The van der Waals surface area contributed by atoms with Gasteiger partial charge in [-0.2, -0.15) is 0 Å². The summed E-state index contributed by atoms with van der Waals surface area (Å²) in [6, 6.07) is 7.34. The second-order valence-electron chi connectivity index (χ2n) is 5.56. The summed E-state index contributed by atoms with van der Waals surface area (Å²) >= 11 is 3.70. The summed E-state index contributed by atoms with van der Waals surface area (Å²) < 4.78 is 6.05. The number of amides is 1. The van der Waals surface area contributed by atoms with Gasteiger partial charge in [0.05, 0.1) is 29.7 Å². The first-order valence-corrected chi connectivity index (χ1v) is 9.56. The summed E-state index contributed by atoms with van der Waals surface area (Å²) in [5, 5.41) is 0.514. The number of thioether (sulfide) groups is 1. The van der Waals surface area contributed by atoms with Gasteiger partial charge >= 0.3 is 5.97 Å². The quantitative estimate of drug-likeness (QED) is 0.516. The van der Waals surface area contributed by atoms with Crippen LogP contribution in [0.4, 0.5) is 0 Å². The van der Waals surface area contributed by atoms with E-state index in [4.69, 9.17) is 4.74 Å². The van der Waals surface area contributed by atoms with Gasteiger partial charge in [0.2, 0.25) is 5.91 Å². The van der Waals surface area contributed by atoms with E-state index in [1.807, 2.05) is 31.2 Å². The number of benzene rings is 1. The molecule has 2 aliphatic rings. The van der Waals surface area contributed by atoms with Gasteiger partial charge in [-0.3, -0.25) is 9.69 Å². The van der Waals surface area contributed by atoms with Gasteiger partial charge in [-0.25, -0.2) is 9.79 Å². The average Bonchev–Trinajstić information content (AvgIpc) is 2.89. The number of methoxy groups -OCH3 is 1. The Morgan fingerprint density at radius 3 is 2.62 bits per heavy atom. The first-order valence-electron chi connectivity index (χ1n) is 7.60. The maximum atomic E-state index is 12.8. The van der Waals surface area contributed by atoms with Crippen molar-refractivity contribution in [3.05, 3.63) is 44.7 Å². The molecule has 2 atom stereocenters. The van der Waals surface area contributed by atoms with Crippen molar-refractivity contribution in [2.75, 3.05) is 7.11 Å². The molecular formula is C17H17IN2O3S. The molecule has 1 aromatic carbocycles. The Balaban J connectivity index is 2.15. The van der Waals surface area contributed by atoms with Crippen molar-refractivity contribution < 1.29 is 14.3 Å². The number of esters is 1. The SMILES string of the molecule is CC[C@@H]1SC2=NC(C)=C(C(=O)OC)[C@@H](c3ccc(I)cc3)N2C1=O. The van der Waals surface area contributed by atoms with Crippen molar-refractivity contribution in [2.45, 2.75) is 31.6 Å². The molecule has 1 amide bonds. The third-order valence-corrected chi connectivity index (χ3v) is 6.15. The predicted octanol–water partition coefficient (Wildman–Crippen LogP) is 3.50. The van der Waals surface area contributed by atoms with Crippen LogP contribution in [0.2, 0.25) is 0 Å². The van der Waals surface area contributed by atoms with E-state index in [0.29, 0.717) is 16.4 Å². The standard InChI is InChI=1S/C17H17IN2O3S/c1-4-12-15(21)20-14(10-5-7-11(18)8-6-10)13(16(22)23-3)9(2)19-17(20)24-12/h5-8,12,14H,4H2,1-3H3/t12-,14+/m0/s1. The van der Waals surface area contributed by atoms with Crippen LogP contribution in [0.5, 0.6) is 0 Å². The highest BCUT2D eigenvalue weighted by molar-refractivity contribution is 14.1. The van der Waals surface area contributed by atoms with E-state index in [1.165, 1.54) is 18.9 Å². The van der Waals surface area contributed by atoms with Gasteiger partial charge in [0.25, 0.3) is 0 Å². The van der Waals surface area contributed by atoms with Crippen LogP contribution in [0.15, 0.2) is 40.5 Å².